The second-order valence-corrected chi connectivity index (χ2v) is 6.09. The van der Waals surface area contributed by atoms with Crippen molar-refractivity contribution in [2.45, 2.75) is 32.8 Å². The molecule has 0 aliphatic carbocycles. The number of rotatable bonds is 7. The van der Waals surface area contributed by atoms with Gasteiger partial charge in [-0.2, -0.15) is 5.10 Å². The first kappa shape index (κ1) is 16.0. The first-order valence-electron chi connectivity index (χ1n) is 8.38. The van der Waals surface area contributed by atoms with E-state index in [-0.39, 0.29) is 6.61 Å². The Bertz CT molecular complexity index is 616. The molecular formula is C18H25N3O2. The summed E-state index contributed by atoms with van der Waals surface area (Å²) < 4.78 is 7.58. The van der Waals surface area contributed by atoms with Crippen molar-refractivity contribution in [3.05, 3.63) is 41.7 Å². The Morgan fingerprint density at radius 2 is 1.91 bits per heavy atom. The number of aryl methyl sites for hydroxylation is 1. The molecule has 23 heavy (non-hydrogen) atoms. The summed E-state index contributed by atoms with van der Waals surface area (Å²) in [4.78, 5) is 2.50. The first-order valence-corrected chi connectivity index (χ1v) is 8.38. The van der Waals surface area contributed by atoms with Gasteiger partial charge in [-0.1, -0.05) is 0 Å². The van der Waals surface area contributed by atoms with Gasteiger partial charge in [0.25, 0.3) is 0 Å². The Hall–Kier alpha value is -1.85. The fraction of sp³-hybridized carbons (Fsp3) is 0.500. The molecular weight excluding hydrogens is 290 g/mol. The Labute approximate surface area is 137 Å². The maximum atomic E-state index is 9.39. The molecule has 1 N–H and O–H groups in total. The van der Waals surface area contributed by atoms with Gasteiger partial charge in [0, 0.05) is 6.54 Å². The maximum absolute atomic E-state index is 9.39. The molecule has 2 aromatic rings. The van der Waals surface area contributed by atoms with Gasteiger partial charge in [0.15, 0.2) is 0 Å². The Kier molecular flexibility index (Phi) is 5.31. The normalized spacial score (nSPS) is 15.2. The first-order chi connectivity index (χ1) is 11.3. The minimum Gasteiger partial charge on any atom is -0.494 e. The topological polar surface area (TPSA) is 50.5 Å². The van der Waals surface area contributed by atoms with Crippen molar-refractivity contribution >= 4 is 0 Å². The highest BCUT2D eigenvalue weighted by molar-refractivity contribution is 5.38. The van der Waals surface area contributed by atoms with Crippen LogP contribution in [0, 0.1) is 6.92 Å². The molecule has 1 aromatic carbocycles. The molecule has 3 rings (SSSR count). The lowest BCUT2D eigenvalue weighted by Crippen LogP contribution is -2.21. The molecule has 1 fully saturated rings. The number of benzene rings is 1. The molecule has 0 radical (unpaired) electrons. The number of aliphatic hydroxyl groups excluding tert-OH is 1. The summed E-state index contributed by atoms with van der Waals surface area (Å²) in [6.07, 6.45) is 3.74. The third-order valence-corrected chi connectivity index (χ3v) is 4.23. The minimum absolute atomic E-state index is 0.0183. The number of nitrogens with zero attached hydrogens (tertiary/aromatic N) is 3. The average molecular weight is 315 g/mol. The zero-order valence-electron chi connectivity index (χ0n) is 13.7. The lowest BCUT2D eigenvalue weighted by atomic mass is 10.3. The number of aromatic nitrogens is 2. The van der Waals surface area contributed by atoms with E-state index in [0.29, 0.717) is 0 Å². The third-order valence-electron chi connectivity index (χ3n) is 4.23. The molecule has 0 atom stereocenters. The molecule has 0 amide bonds. The van der Waals surface area contributed by atoms with Crippen LogP contribution < -0.4 is 4.74 Å². The molecule has 1 saturated heterocycles. The third kappa shape index (κ3) is 4.12. The van der Waals surface area contributed by atoms with E-state index in [0.717, 1.165) is 42.4 Å². The van der Waals surface area contributed by atoms with Gasteiger partial charge in [-0.05, 0) is 69.6 Å². The zero-order valence-corrected chi connectivity index (χ0v) is 13.7. The van der Waals surface area contributed by atoms with Crippen LogP contribution in [-0.2, 0) is 6.61 Å². The van der Waals surface area contributed by atoms with Crippen LogP contribution in [0.5, 0.6) is 5.75 Å². The number of aliphatic hydroxyl groups is 1. The fourth-order valence-electron chi connectivity index (χ4n) is 3.06. The monoisotopic (exact) mass is 315 g/mol. The molecule has 0 spiro atoms. The highest BCUT2D eigenvalue weighted by Crippen LogP contribution is 2.18. The number of hydrogen-bond donors (Lipinski definition) is 1. The van der Waals surface area contributed by atoms with Crippen molar-refractivity contribution in [3.63, 3.8) is 0 Å². The largest absolute Gasteiger partial charge is 0.494 e. The van der Waals surface area contributed by atoms with Crippen molar-refractivity contribution in [3.8, 4) is 11.4 Å². The van der Waals surface area contributed by atoms with Crippen LogP contribution in [0.2, 0.25) is 0 Å². The van der Waals surface area contributed by atoms with Crippen molar-refractivity contribution < 1.29 is 9.84 Å². The van der Waals surface area contributed by atoms with E-state index in [1.165, 1.54) is 25.9 Å². The van der Waals surface area contributed by atoms with Gasteiger partial charge in [0.1, 0.15) is 5.75 Å². The van der Waals surface area contributed by atoms with E-state index in [2.05, 4.69) is 10.00 Å². The van der Waals surface area contributed by atoms with Gasteiger partial charge in [-0.3, -0.25) is 0 Å². The highest BCUT2D eigenvalue weighted by Gasteiger charge is 2.10. The van der Waals surface area contributed by atoms with Crippen molar-refractivity contribution in [1.29, 1.82) is 0 Å². The van der Waals surface area contributed by atoms with Crippen LogP contribution in [0.25, 0.3) is 5.69 Å². The van der Waals surface area contributed by atoms with Gasteiger partial charge < -0.3 is 14.7 Å². The summed E-state index contributed by atoms with van der Waals surface area (Å²) in [7, 11) is 0. The van der Waals surface area contributed by atoms with Crippen LogP contribution in [0.3, 0.4) is 0 Å². The predicted molar refractivity (Wildman–Crippen MR) is 90.0 cm³/mol. The SMILES string of the molecule is Cc1cc(CO)n(-c2ccc(OCCCN3CCCC3)cc2)n1. The lowest BCUT2D eigenvalue weighted by molar-refractivity contribution is 0.263. The fourth-order valence-corrected chi connectivity index (χ4v) is 3.06. The molecule has 1 aliphatic rings. The maximum Gasteiger partial charge on any atom is 0.119 e. The van der Waals surface area contributed by atoms with Gasteiger partial charge in [0.2, 0.25) is 0 Å². The Balaban J connectivity index is 1.52. The van der Waals surface area contributed by atoms with Crippen LogP contribution in [0.4, 0.5) is 0 Å². The summed E-state index contributed by atoms with van der Waals surface area (Å²) in [6.45, 7) is 6.27. The molecule has 0 bridgehead atoms. The highest BCUT2D eigenvalue weighted by atomic mass is 16.5. The summed E-state index contributed by atoms with van der Waals surface area (Å²) in [6, 6.07) is 9.76. The quantitative estimate of drug-likeness (QED) is 0.798. The smallest absolute Gasteiger partial charge is 0.119 e. The minimum atomic E-state index is -0.0183. The van der Waals surface area contributed by atoms with Crippen LogP contribution >= 0.6 is 0 Å². The molecule has 5 nitrogen and oxygen atoms in total. The summed E-state index contributed by atoms with van der Waals surface area (Å²) in [5.41, 5.74) is 2.63. The molecule has 2 heterocycles. The zero-order chi connectivity index (χ0) is 16.1. The van der Waals surface area contributed by atoms with Crippen molar-refractivity contribution in [2.24, 2.45) is 0 Å². The standard InChI is InChI=1S/C18H25N3O2/c1-15-13-17(14-22)21(19-15)16-5-7-18(8-6-16)23-12-4-11-20-9-2-3-10-20/h5-8,13,22H,2-4,9-12,14H2,1H3. The van der Waals surface area contributed by atoms with E-state index in [4.69, 9.17) is 4.74 Å². The van der Waals surface area contributed by atoms with Crippen molar-refractivity contribution in [2.75, 3.05) is 26.2 Å². The van der Waals surface area contributed by atoms with Crippen molar-refractivity contribution in [1.82, 2.24) is 14.7 Å². The molecule has 0 unspecified atom stereocenters. The molecule has 5 heteroatoms. The summed E-state index contributed by atoms with van der Waals surface area (Å²) in [5, 5.41) is 13.8. The summed E-state index contributed by atoms with van der Waals surface area (Å²) in [5.74, 6) is 0.879. The molecule has 124 valence electrons. The van der Waals surface area contributed by atoms with E-state index >= 15 is 0 Å². The number of likely N-dealkylation sites (tertiary alicyclic amines) is 1. The van der Waals surface area contributed by atoms with Crippen LogP contribution in [0.1, 0.15) is 30.7 Å². The lowest BCUT2D eigenvalue weighted by Gasteiger charge is -2.14. The molecule has 0 saturated carbocycles. The van der Waals surface area contributed by atoms with E-state index in [9.17, 15) is 5.11 Å². The van der Waals surface area contributed by atoms with Gasteiger partial charge in [-0.25, -0.2) is 4.68 Å². The molecule has 1 aromatic heterocycles. The number of ether oxygens (including phenoxy) is 1. The van der Waals surface area contributed by atoms with Gasteiger partial charge in [0.05, 0.1) is 30.3 Å². The van der Waals surface area contributed by atoms with E-state index in [1.807, 2.05) is 37.3 Å². The Morgan fingerprint density at radius 1 is 1.17 bits per heavy atom. The van der Waals surface area contributed by atoms with Gasteiger partial charge in [-0.15, -0.1) is 0 Å². The molecule has 1 aliphatic heterocycles. The predicted octanol–water partition coefficient (Wildman–Crippen LogP) is 2.54. The Morgan fingerprint density at radius 3 is 2.61 bits per heavy atom. The van der Waals surface area contributed by atoms with Crippen LogP contribution in [-0.4, -0.2) is 46.0 Å². The van der Waals surface area contributed by atoms with Crippen LogP contribution in [0.15, 0.2) is 30.3 Å². The summed E-state index contributed by atoms with van der Waals surface area (Å²) >= 11 is 0. The second kappa shape index (κ2) is 7.62. The average Bonchev–Trinajstić information content (AvgIpc) is 3.21. The second-order valence-electron chi connectivity index (χ2n) is 6.09. The number of hydrogen-bond acceptors (Lipinski definition) is 4. The van der Waals surface area contributed by atoms with E-state index < -0.39 is 0 Å². The van der Waals surface area contributed by atoms with E-state index in [1.54, 1.807) is 4.68 Å². The van der Waals surface area contributed by atoms with Gasteiger partial charge >= 0.3 is 0 Å².